The Labute approximate surface area is 103 Å². The molecule has 0 aliphatic carbocycles. The fourth-order valence-electron chi connectivity index (χ4n) is 2.05. The molecule has 1 fully saturated rings. The van der Waals surface area contributed by atoms with Crippen LogP contribution in [-0.4, -0.2) is 45.7 Å². The van der Waals surface area contributed by atoms with Crippen molar-refractivity contribution in [1.29, 1.82) is 0 Å². The quantitative estimate of drug-likeness (QED) is 0.776. The molecule has 1 unspecified atom stereocenters. The maximum atomic E-state index is 11.7. The number of carbonyl (C=O) groups excluding carboxylic acids is 1. The zero-order valence-electron chi connectivity index (χ0n) is 9.17. The zero-order valence-corrected chi connectivity index (χ0v) is 9.98. The lowest BCUT2D eigenvalue weighted by Crippen LogP contribution is -2.57. The second-order valence-corrected chi connectivity index (χ2v) is 5.09. The topological polar surface area (TPSA) is 57.6 Å². The van der Waals surface area contributed by atoms with Gasteiger partial charge in [-0.1, -0.05) is 0 Å². The smallest absolute Gasteiger partial charge is 0.263 e. The third-order valence-electron chi connectivity index (χ3n) is 2.89. The number of hydrogen-bond acceptors (Lipinski definition) is 5. The molecule has 0 spiro atoms. The Balaban J connectivity index is 1.96. The first kappa shape index (κ1) is 10.6. The van der Waals surface area contributed by atoms with Crippen molar-refractivity contribution in [2.24, 2.45) is 5.10 Å². The lowest BCUT2D eigenvalue weighted by atomic mass is 10.1. The van der Waals surface area contributed by atoms with Crippen LogP contribution < -0.4 is 5.43 Å². The number of carbonyl (C=O) groups is 1. The third-order valence-corrected chi connectivity index (χ3v) is 3.92. The molecule has 1 aromatic rings. The predicted octanol–water partition coefficient (Wildman–Crippen LogP) is 0.290. The minimum atomic E-state index is -0.0959. The molecular formula is C11H12N4OS. The highest BCUT2D eigenvalue weighted by Crippen LogP contribution is 2.21. The summed E-state index contributed by atoms with van der Waals surface area (Å²) in [4.78, 5) is 17.9. The number of rotatable bonds is 1. The van der Waals surface area contributed by atoms with Gasteiger partial charge >= 0.3 is 0 Å². The molecule has 2 aliphatic heterocycles. The number of hydrazone groups is 1. The van der Waals surface area contributed by atoms with E-state index >= 15 is 0 Å². The van der Waals surface area contributed by atoms with Gasteiger partial charge < -0.3 is 4.90 Å². The van der Waals surface area contributed by atoms with E-state index in [1.807, 2.05) is 23.9 Å². The molecule has 0 bridgehead atoms. The van der Waals surface area contributed by atoms with E-state index in [4.69, 9.17) is 0 Å². The van der Waals surface area contributed by atoms with E-state index in [2.05, 4.69) is 20.4 Å². The number of fused-ring (bicyclic) bond motifs is 1. The van der Waals surface area contributed by atoms with E-state index in [1.54, 1.807) is 12.4 Å². The van der Waals surface area contributed by atoms with E-state index in [1.165, 1.54) is 0 Å². The van der Waals surface area contributed by atoms with Gasteiger partial charge in [0.25, 0.3) is 5.91 Å². The van der Waals surface area contributed by atoms with Gasteiger partial charge in [0.2, 0.25) is 0 Å². The number of amides is 1. The monoisotopic (exact) mass is 248 g/mol. The highest BCUT2D eigenvalue weighted by atomic mass is 32.2. The SMILES string of the molecule is O=C1NN=C(c2cccnc2)N2CCSCC12. The fraction of sp³-hybridized carbons (Fsp3) is 0.364. The van der Waals surface area contributed by atoms with Crippen LogP contribution in [0.2, 0.25) is 0 Å². The number of nitrogens with one attached hydrogen (secondary N) is 1. The van der Waals surface area contributed by atoms with Crippen molar-refractivity contribution in [3.8, 4) is 0 Å². The summed E-state index contributed by atoms with van der Waals surface area (Å²) in [6.07, 6.45) is 3.50. The van der Waals surface area contributed by atoms with Crippen molar-refractivity contribution in [2.45, 2.75) is 6.04 Å². The van der Waals surface area contributed by atoms with Crippen LogP contribution in [0.4, 0.5) is 0 Å². The number of aromatic nitrogens is 1. The summed E-state index contributed by atoms with van der Waals surface area (Å²) >= 11 is 1.81. The number of nitrogens with zero attached hydrogens (tertiary/aromatic N) is 3. The van der Waals surface area contributed by atoms with Crippen LogP contribution in [0.25, 0.3) is 0 Å². The number of pyridine rings is 1. The average Bonchev–Trinajstić information content (AvgIpc) is 2.41. The highest BCUT2D eigenvalue weighted by molar-refractivity contribution is 7.99. The third kappa shape index (κ3) is 1.88. The molecule has 1 saturated heterocycles. The van der Waals surface area contributed by atoms with E-state index in [0.717, 1.165) is 29.4 Å². The van der Waals surface area contributed by atoms with Gasteiger partial charge in [-0.2, -0.15) is 16.9 Å². The van der Waals surface area contributed by atoms with Crippen LogP contribution in [0.1, 0.15) is 5.56 Å². The molecule has 2 aliphatic rings. The van der Waals surface area contributed by atoms with Crippen molar-refractivity contribution in [3.63, 3.8) is 0 Å². The van der Waals surface area contributed by atoms with Crippen LogP contribution in [0, 0.1) is 0 Å². The first-order valence-electron chi connectivity index (χ1n) is 5.48. The van der Waals surface area contributed by atoms with E-state index in [0.29, 0.717) is 0 Å². The second kappa shape index (κ2) is 4.37. The Hall–Kier alpha value is -1.56. The summed E-state index contributed by atoms with van der Waals surface area (Å²) < 4.78 is 0. The van der Waals surface area contributed by atoms with Crippen LogP contribution >= 0.6 is 11.8 Å². The number of thioether (sulfide) groups is 1. The molecule has 0 saturated carbocycles. The van der Waals surface area contributed by atoms with Crippen LogP contribution in [0.5, 0.6) is 0 Å². The molecule has 3 heterocycles. The lowest BCUT2D eigenvalue weighted by Gasteiger charge is -2.38. The van der Waals surface area contributed by atoms with Crippen LogP contribution in [0.3, 0.4) is 0 Å². The summed E-state index contributed by atoms with van der Waals surface area (Å²) in [5.74, 6) is 2.67. The Morgan fingerprint density at radius 3 is 3.29 bits per heavy atom. The number of hydrogen-bond donors (Lipinski definition) is 1. The van der Waals surface area contributed by atoms with Crippen LogP contribution in [-0.2, 0) is 4.79 Å². The minimum absolute atomic E-state index is 0.00941. The lowest BCUT2D eigenvalue weighted by molar-refractivity contribution is -0.125. The van der Waals surface area contributed by atoms with Crippen molar-refractivity contribution < 1.29 is 4.79 Å². The van der Waals surface area contributed by atoms with Gasteiger partial charge in [0.05, 0.1) is 0 Å². The van der Waals surface area contributed by atoms with Crippen molar-refractivity contribution >= 4 is 23.5 Å². The highest BCUT2D eigenvalue weighted by Gasteiger charge is 2.35. The molecule has 88 valence electrons. The Morgan fingerprint density at radius 2 is 2.47 bits per heavy atom. The predicted molar refractivity (Wildman–Crippen MR) is 66.7 cm³/mol. The molecule has 1 atom stereocenters. The second-order valence-electron chi connectivity index (χ2n) is 3.94. The van der Waals surface area contributed by atoms with Gasteiger partial charge in [0, 0.05) is 36.0 Å². The maximum absolute atomic E-state index is 11.7. The molecule has 17 heavy (non-hydrogen) atoms. The molecule has 0 aromatic carbocycles. The van der Waals surface area contributed by atoms with Gasteiger partial charge in [-0.25, -0.2) is 5.43 Å². The summed E-state index contributed by atoms with van der Waals surface area (Å²) in [6.45, 7) is 0.858. The maximum Gasteiger partial charge on any atom is 0.263 e. The van der Waals surface area contributed by atoms with Gasteiger partial charge in [0.1, 0.15) is 6.04 Å². The first-order chi connectivity index (χ1) is 8.36. The largest absolute Gasteiger partial charge is 0.341 e. The zero-order chi connectivity index (χ0) is 11.7. The fourth-order valence-corrected chi connectivity index (χ4v) is 3.09. The Kier molecular flexibility index (Phi) is 2.72. The molecule has 1 amide bonds. The Bertz CT molecular complexity index is 462. The summed E-state index contributed by atoms with van der Waals surface area (Å²) in [6, 6.07) is 3.74. The standard InChI is InChI=1S/C11H12N4OS/c16-11-9-7-17-5-4-15(9)10(13-14-11)8-2-1-3-12-6-8/h1-3,6,9H,4-5,7H2,(H,14,16). The average molecular weight is 248 g/mol. The van der Waals surface area contributed by atoms with Gasteiger partial charge in [-0.3, -0.25) is 9.78 Å². The molecule has 1 N–H and O–H groups in total. The normalized spacial score (nSPS) is 23.8. The van der Waals surface area contributed by atoms with Gasteiger partial charge in [0.15, 0.2) is 5.84 Å². The molecule has 1 aromatic heterocycles. The van der Waals surface area contributed by atoms with E-state index in [-0.39, 0.29) is 11.9 Å². The van der Waals surface area contributed by atoms with Gasteiger partial charge in [-0.15, -0.1) is 0 Å². The first-order valence-corrected chi connectivity index (χ1v) is 6.64. The van der Waals surface area contributed by atoms with E-state index in [9.17, 15) is 4.79 Å². The number of amidine groups is 1. The minimum Gasteiger partial charge on any atom is -0.341 e. The van der Waals surface area contributed by atoms with E-state index < -0.39 is 0 Å². The summed E-state index contributed by atoms with van der Waals surface area (Å²) in [5, 5.41) is 4.16. The summed E-state index contributed by atoms with van der Waals surface area (Å²) in [7, 11) is 0. The van der Waals surface area contributed by atoms with Gasteiger partial charge in [-0.05, 0) is 12.1 Å². The summed E-state index contributed by atoms with van der Waals surface area (Å²) in [5.41, 5.74) is 3.54. The van der Waals surface area contributed by atoms with Crippen molar-refractivity contribution in [3.05, 3.63) is 30.1 Å². The van der Waals surface area contributed by atoms with Crippen LogP contribution in [0.15, 0.2) is 29.6 Å². The van der Waals surface area contributed by atoms with Crippen molar-refractivity contribution in [2.75, 3.05) is 18.1 Å². The molecule has 3 rings (SSSR count). The Morgan fingerprint density at radius 1 is 1.53 bits per heavy atom. The van der Waals surface area contributed by atoms with Crippen molar-refractivity contribution in [1.82, 2.24) is 15.3 Å². The molecule has 0 radical (unpaired) electrons. The molecular weight excluding hydrogens is 236 g/mol. The molecule has 6 heteroatoms. The molecule has 5 nitrogen and oxygen atoms in total.